The zero-order chi connectivity index (χ0) is 11.1. The third-order valence-electron chi connectivity index (χ3n) is 2.27. The van der Waals surface area contributed by atoms with E-state index in [4.69, 9.17) is 0 Å². The first-order valence-corrected chi connectivity index (χ1v) is 4.93. The van der Waals surface area contributed by atoms with Gasteiger partial charge in [0, 0.05) is 12.6 Å². The molecule has 0 saturated heterocycles. The van der Waals surface area contributed by atoms with E-state index in [9.17, 15) is 4.79 Å². The molecule has 0 aromatic rings. The number of hydrogen-bond acceptors (Lipinski definition) is 3. The molecule has 1 N–H and O–H groups in total. The maximum absolute atomic E-state index is 11.2. The first-order valence-electron chi connectivity index (χ1n) is 4.93. The van der Waals surface area contributed by atoms with E-state index in [1.165, 1.54) is 12.7 Å². The van der Waals surface area contributed by atoms with Crippen LogP contribution in [-0.2, 0) is 9.53 Å². The lowest BCUT2D eigenvalue weighted by molar-refractivity contribution is -0.145. The van der Waals surface area contributed by atoms with Crippen LogP contribution in [0.5, 0.6) is 0 Å². The third kappa shape index (κ3) is 5.02. The van der Waals surface area contributed by atoms with Crippen molar-refractivity contribution in [3.8, 4) is 0 Å². The molecule has 82 valence electrons. The van der Waals surface area contributed by atoms with E-state index in [1.807, 2.05) is 13.8 Å². The fourth-order valence-corrected chi connectivity index (χ4v) is 1.02. The zero-order valence-electron chi connectivity index (χ0n) is 9.76. The number of ether oxygens (including phenoxy) is 1. The molecule has 0 aliphatic heterocycles. The Bertz CT molecular complexity index is 207. The quantitative estimate of drug-likeness (QED) is 0.541. The van der Waals surface area contributed by atoms with Crippen LogP contribution in [0.4, 0.5) is 0 Å². The van der Waals surface area contributed by atoms with Crippen molar-refractivity contribution in [2.45, 2.75) is 33.7 Å². The molecule has 0 aliphatic carbocycles. The molecule has 2 atom stereocenters. The van der Waals surface area contributed by atoms with Gasteiger partial charge < -0.3 is 10.1 Å². The molecule has 0 radical (unpaired) electrons. The summed E-state index contributed by atoms with van der Waals surface area (Å²) in [5.74, 6) is -0.271. The highest BCUT2D eigenvalue weighted by molar-refractivity contribution is 5.72. The summed E-state index contributed by atoms with van der Waals surface area (Å²) in [4.78, 5) is 11.2. The van der Waals surface area contributed by atoms with Gasteiger partial charge in [0.25, 0.3) is 0 Å². The molecular formula is C11H21NO2. The van der Waals surface area contributed by atoms with Crippen molar-refractivity contribution < 1.29 is 9.53 Å². The first kappa shape index (κ1) is 13.2. The predicted octanol–water partition coefficient (Wildman–Crippen LogP) is 1.74. The number of hydrogen-bond donors (Lipinski definition) is 1. The van der Waals surface area contributed by atoms with Gasteiger partial charge in [0.15, 0.2) is 0 Å². The second kappa shape index (κ2) is 6.60. The molecule has 0 bridgehead atoms. The number of carbonyl (C=O) groups is 1. The van der Waals surface area contributed by atoms with Gasteiger partial charge in [-0.1, -0.05) is 18.6 Å². The molecule has 3 heteroatoms. The molecule has 0 aromatic carbocycles. The molecule has 0 fully saturated rings. The Balaban J connectivity index is 3.90. The van der Waals surface area contributed by atoms with Gasteiger partial charge in [-0.3, -0.25) is 4.79 Å². The van der Waals surface area contributed by atoms with E-state index in [0.29, 0.717) is 0 Å². The molecule has 0 amide bonds. The summed E-state index contributed by atoms with van der Waals surface area (Å²) in [7, 11) is 1.42. The van der Waals surface area contributed by atoms with Crippen LogP contribution in [0.3, 0.4) is 0 Å². The second-order valence-corrected chi connectivity index (χ2v) is 3.79. The summed E-state index contributed by atoms with van der Waals surface area (Å²) in [5.41, 5.74) is 1.27. The number of nitrogens with one attached hydrogen (secondary N) is 1. The van der Waals surface area contributed by atoms with E-state index < -0.39 is 0 Å². The fraction of sp³-hybridized carbons (Fsp3) is 0.727. The van der Waals surface area contributed by atoms with Gasteiger partial charge in [0.1, 0.15) is 0 Å². The number of allylic oxidation sites excluding steroid dienone is 1. The number of esters is 1. The van der Waals surface area contributed by atoms with Crippen LogP contribution in [0.1, 0.15) is 27.7 Å². The average Bonchev–Trinajstić information content (AvgIpc) is 2.14. The summed E-state index contributed by atoms with van der Waals surface area (Å²) >= 11 is 0. The molecule has 3 nitrogen and oxygen atoms in total. The lowest BCUT2D eigenvalue weighted by Crippen LogP contribution is -2.36. The van der Waals surface area contributed by atoms with Crippen molar-refractivity contribution in [1.29, 1.82) is 0 Å². The average molecular weight is 199 g/mol. The highest BCUT2D eigenvalue weighted by Gasteiger charge is 2.19. The standard InChI is InChI=1S/C11H21NO2/c1-8(2)6-7-12-10(4)9(3)11(13)14-5/h6,9-10,12H,7H2,1-5H3. The maximum Gasteiger partial charge on any atom is 0.309 e. The Kier molecular flexibility index (Phi) is 6.21. The molecule has 0 saturated carbocycles. The van der Waals surface area contributed by atoms with Crippen molar-refractivity contribution in [2.75, 3.05) is 13.7 Å². The van der Waals surface area contributed by atoms with Crippen LogP contribution in [0.15, 0.2) is 11.6 Å². The van der Waals surface area contributed by atoms with Crippen LogP contribution in [0, 0.1) is 5.92 Å². The monoisotopic (exact) mass is 199 g/mol. The molecule has 0 spiro atoms. The molecule has 2 unspecified atom stereocenters. The van der Waals surface area contributed by atoms with E-state index >= 15 is 0 Å². The van der Waals surface area contributed by atoms with E-state index in [-0.39, 0.29) is 17.9 Å². The maximum atomic E-state index is 11.2. The minimum absolute atomic E-state index is 0.106. The van der Waals surface area contributed by atoms with Crippen LogP contribution in [0.2, 0.25) is 0 Å². The van der Waals surface area contributed by atoms with Crippen molar-refractivity contribution in [1.82, 2.24) is 5.32 Å². The number of carbonyl (C=O) groups excluding carboxylic acids is 1. The lowest BCUT2D eigenvalue weighted by Gasteiger charge is -2.18. The minimum atomic E-state index is -0.165. The fourth-order valence-electron chi connectivity index (χ4n) is 1.02. The van der Waals surface area contributed by atoms with Gasteiger partial charge in [-0.05, 0) is 20.8 Å². The third-order valence-corrected chi connectivity index (χ3v) is 2.27. The summed E-state index contributed by atoms with van der Waals surface area (Å²) in [6.07, 6.45) is 2.10. The van der Waals surface area contributed by atoms with Gasteiger partial charge in [0.05, 0.1) is 13.0 Å². The van der Waals surface area contributed by atoms with Gasteiger partial charge in [-0.25, -0.2) is 0 Å². The normalized spacial score (nSPS) is 14.4. The van der Waals surface area contributed by atoms with Gasteiger partial charge in [-0.15, -0.1) is 0 Å². The van der Waals surface area contributed by atoms with Crippen molar-refractivity contribution >= 4 is 5.97 Å². The van der Waals surface area contributed by atoms with Gasteiger partial charge in [-0.2, -0.15) is 0 Å². The van der Waals surface area contributed by atoms with E-state index in [2.05, 4.69) is 30.0 Å². The van der Waals surface area contributed by atoms with Crippen LogP contribution < -0.4 is 5.32 Å². The summed E-state index contributed by atoms with van der Waals surface area (Å²) in [6, 6.07) is 0.137. The molecule has 14 heavy (non-hydrogen) atoms. The Labute approximate surface area is 86.5 Å². The SMILES string of the molecule is COC(=O)C(C)C(C)NCC=C(C)C. The van der Waals surface area contributed by atoms with Crippen molar-refractivity contribution in [3.63, 3.8) is 0 Å². The predicted molar refractivity (Wildman–Crippen MR) is 58.1 cm³/mol. The highest BCUT2D eigenvalue weighted by atomic mass is 16.5. The lowest BCUT2D eigenvalue weighted by atomic mass is 10.0. The molecular weight excluding hydrogens is 178 g/mol. The summed E-state index contributed by atoms with van der Waals surface area (Å²) in [6.45, 7) is 8.75. The molecule has 0 heterocycles. The topological polar surface area (TPSA) is 38.3 Å². The highest BCUT2D eigenvalue weighted by Crippen LogP contribution is 2.04. The number of methoxy groups -OCH3 is 1. The van der Waals surface area contributed by atoms with Crippen LogP contribution in [-0.4, -0.2) is 25.7 Å². The van der Waals surface area contributed by atoms with Crippen molar-refractivity contribution in [3.05, 3.63) is 11.6 Å². The minimum Gasteiger partial charge on any atom is -0.469 e. The Hall–Kier alpha value is -0.830. The van der Waals surface area contributed by atoms with E-state index in [1.54, 1.807) is 0 Å². The Morgan fingerprint density at radius 3 is 2.43 bits per heavy atom. The zero-order valence-corrected chi connectivity index (χ0v) is 9.76. The number of rotatable bonds is 5. The first-order chi connectivity index (χ1) is 6.49. The van der Waals surface area contributed by atoms with Gasteiger partial charge in [0.2, 0.25) is 0 Å². The Morgan fingerprint density at radius 1 is 1.43 bits per heavy atom. The van der Waals surface area contributed by atoms with Gasteiger partial charge >= 0.3 is 5.97 Å². The summed E-state index contributed by atoms with van der Waals surface area (Å²) in [5, 5.41) is 3.25. The van der Waals surface area contributed by atoms with E-state index in [0.717, 1.165) is 6.54 Å². The molecule has 0 aromatic heterocycles. The van der Waals surface area contributed by atoms with Crippen LogP contribution in [0.25, 0.3) is 0 Å². The van der Waals surface area contributed by atoms with Crippen LogP contribution >= 0.6 is 0 Å². The molecule has 0 rings (SSSR count). The smallest absolute Gasteiger partial charge is 0.309 e. The largest absolute Gasteiger partial charge is 0.469 e. The molecule has 0 aliphatic rings. The Morgan fingerprint density at radius 2 is 2.00 bits per heavy atom. The summed E-state index contributed by atoms with van der Waals surface area (Å²) < 4.78 is 4.67. The second-order valence-electron chi connectivity index (χ2n) is 3.79. The van der Waals surface area contributed by atoms with Crippen molar-refractivity contribution in [2.24, 2.45) is 5.92 Å².